The molecule has 0 saturated carbocycles. The van der Waals surface area contributed by atoms with Gasteiger partial charge in [-0.1, -0.05) is 12.1 Å². The predicted octanol–water partition coefficient (Wildman–Crippen LogP) is 3.51. The first-order chi connectivity index (χ1) is 17.2. The summed E-state index contributed by atoms with van der Waals surface area (Å²) in [6.45, 7) is 4.50. The molecule has 1 unspecified atom stereocenters. The van der Waals surface area contributed by atoms with Crippen molar-refractivity contribution in [2.45, 2.75) is 25.3 Å². The van der Waals surface area contributed by atoms with Gasteiger partial charge >= 0.3 is 10.4 Å². The number of carbonyl (C=O) groups excluding carboxylic acids is 1. The number of ether oxygens (including phenoxy) is 1. The number of thiophene rings is 1. The van der Waals surface area contributed by atoms with Gasteiger partial charge in [-0.15, -0.1) is 11.3 Å². The van der Waals surface area contributed by atoms with Crippen molar-refractivity contribution in [3.63, 3.8) is 0 Å². The zero-order valence-corrected chi connectivity index (χ0v) is 21.7. The molecule has 1 fully saturated rings. The molecule has 1 aromatic heterocycles. The summed E-state index contributed by atoms with van der Waals surface area (Å²) >= 11 is 1.81. The molecule has 3 aromatic rings. The summed E-state index contributed by atoms with van der Waals surface area (Å²) in [5.41, 5.74) is 3.27. The van der Waals surface area contributed by atoms with E-state index in [4.69, 9.17) is 22.3 Å². The minimum Gasteiger partial charge on any atom is -0.494 e. The van der Waals surface area contributed by atoms with Gasteiger partial charge in [0.05, 0.1) is 6.61 Å². The average Bonchev–Trinajstić information content (AvgIpc) is 3.33. The summed E-state index contributed by atoms with van der Waals surface area (Å²) in [4.78, 5) is 16.8. The Morgan fingerprint density at radius 3 is 2.78 bits per heavy atom. The van der Waals surface area contributed by atoms with Gasteiger partial charge in [0.1, 0.15) is 5.75 Å². The monoisotopic (exact) mass is 533 g/mol. The molecule has 0 spiro atoms. The van der Waals surface area contributed by atoms with Crippen LogP contribution in [0.5, 0.6) is 5.75 Å². The van der Waals surface area contributed by atoms with Gasteiger partial charge in [-0.3, -0.25) is 13.9 Å². The standard InChI is InChI=1S/C25H29N3O2S.H2O4S/c1-27-12-9-18-7-8-20(16-22(18)25(27)29)30-14-3-4-19-17-26-11-13-28(19)23-5-2-6-24-21(23)10-15-31-24;1-5(2,3)4/h2,5-8,10,15-16,19,26H,3-4,9,11-14,17H2,1H3;(H2,1,2,3,4). The molecule has 0 aliphatic carbocycles. The van der Waals surface area contributed by atoms with Crippen molar-refractivity contribution in [3.8, 4) is 5.75 Å². The fourth-order valence-electron chi connectivity index (χ4n) is 4.73. The second-order valence-corrected chi connectivity index (χ2v) is 10.7. The Bertz CT molecular complexity index is 1300. The maximum atomic E-state index is 12.4. The van der Waals surface area contributed by atoms with Crippen LogP contribution in [0.1, 0.15) is 28.8 Å². The lowest BCUT2D eigenvalue weighted by atomic mass is 9.99. The van der Waals surface area contributed by atoms with Crippen LogP contribution in [0.15, 0.2) is 47.8 Å². The van der Waals surface area contributed by atoms with E-state index in [1.54, 1.807) is 16.2 Å². The zero-order valence-electron chi connectivity index (χ0n) is 20.1. The molecule has 5 rings (SSSR count). The van der Waals surface area contributed by atoms with E-state index in [9.17, 15) is 4.79 Å². The summed E-state index contributed by atoms with van der Waals surface area (Å²) in [5.74, 6) is 0.891. The minimum absolute atomic E-state index is 0.0956. The number of carbonyl (C=O) groups is 1. The van der Waals surface area contributed by atoms with Crippen molar-refractivity contribution in [2.24, 2.45) is 0 Å². The van der Waals surface area contributed by atoms with Crippen LogP contribution in [0.2, 0.25) is 0 Å². The number of anilines is 1. The summed E-state index contributed by atoms with van der Waals surface area (Å²) in [6.07, 6.45) is 2.97. The van der Waals surface area contributed by atoms with E-state index in [1.165, 1.54) is 15.8 Å². The Hall–Kier alpha value is -2.70. The topological polar surface area (TPSA) is 119 Å². The van der Waals surface area contributed by atoms with Gasteiger partial charge in [0, 0.05) is 60.6 Å². The zero-order chi connectivity index (χ0) is 25.7. The normalized spacial score (nSPS) is 18.0. The summed E-state index contributed by atoms with van der Waals surface area (Å²) in [7, 11) is -2.81. The largest absolute Gasteiger partial charge is 0.494 e. The van der Waals surface area contributed by atoms with Crippen molar-refractivity contribution >= 4 is 43.4 Å². The Morgan fingerprint density at radius 1 is 1.17 bits per heavy atom. The van der Waals surface area contributed by atoms with Gasteiger partial charge < -0.3 is 19.9 Å². The van der Waals surface area contributed by atoms with E-state index in [1.807, 2.05) is 25.2 Å². The van der Waals surface area contributed by atoms with E-state index >= 15 is 0 Å². The number of piperazine rings is 1. The molecule has 36 heavy (non-hydrogen) atoms. The van der Waals surface area contributed by atoms with E-state index in [2.05, 4.69) is 39.9 Å². The van der Waals surface area contributed by atoms with Gasteiger partial charge in [-0.25, -0.2) is 0 Å². The van der Waals surface area contributed by atoms with E-state index in [-0.39, 0.29) is 5.91 Å². The van der Waals surface area contributed by atoms with Crippen LogP contribution in [-0.2, 0) is 16.8 Å². The van der Waals surface area contributed by atoms with Crippen molar-refractivity contribution in [3.05, 3.63) is 59.0 Å². The summed E-state index contributed by atoms with van der Waals surface area (Å²) < 4.78 is 39.0. The fraction of sp³-hybridized carbons (Fsp3) is 0.400. The maximum Gasteiger partial charge on any atom is 0.394 e. The lowest BCUT2D eigenvalue weighted by Gasteiger charge is -2.38. The first kappa shape index (κ1) is 26.4. The minimum atomic E-state index is -4.67. The molecule has 3 heterocycles. The Morgan fingerprint density at radius 2 is 1.97 bits per heavy atom. The molecule has 9 nitrogen and oxygen atoms in total. The highest BCUT2D eigenvalue weighted by Crippen LogP contribution is 2.32. The van der Waals surface area contributed by atoms with Gasteiger partial charge in [0.2, 0.25) is 0 Å². The molecular formula is C25H31N3O6S2. The number of hydrogen-bond donors (Lipinski definition) is 3. The number of nitrogens with zero attached hydrogens (tertiary/aromatic N) is 2. The highest BCUT2D eigenvalue weighted by Gasteiger charge is 2.24. The van der Waals surface area contributed by atoms with Crippen molar-refractivity contribution in [2.75, 3.05) is 44.7 Å². The van der Waals surface area contributed by atoms with Gasteiger partial charge in [0.25, 0.3) is 5.91 Å². The maximum absolute atomic E-state index is 12.4. The fourth-order valence-corrected chi connectivity index (χ4v) is 5.54. The number of benzene rings is 2. The molecule has 2 aromatic carbocycles. The first-order valence-electron chi connectivity index (χ1n) is 11.9. The van der Waals surface area contributed by atoms with Crippen LogP contribution in [0.25, 0.3) is 10.1 Å². The van der Waals surface area contributed by atoms with Crippen molar-refractivity contribution in [1.29, 1.82) is 0 Å². The number of hydrogen-bond acceptors (Lipinski definition) is 7. The molecule has 1 saturated heterocycles. The third-order valence-corrected chi connectivity index (χ3v) is 7.34. The van der Waals surface area contributed by atoms with Crippen LogP contribution in [-0.4, -0.2) is 74.2 Å². The quantitative estimate of drug-likeness (QED) is 0.325. The lowest BCUT2D eigenvalue weighted by Crippen LogP contribution is -2.51. The number of rotatable bonds is 6. The third-order valence-electron chi connectivity index (χ3n) is 6.46. The molecule has 2 aliphatic rings. The van der Waals surface area contributed by atoms with E-state index in [0.29, 0.717) is 12.6 Å². The van der Waals surface area contributed by atoms with Gasteiger partial charge in [-0.05, 0) is 60.5 Å². The van der Waals surface area contributed by atoms with Crippen LogP contribution in [0.3, 0.4) is 0 Å². The second-order valence-electron chi connectivity index (χ2n) is 8.90. The molecule has 194 valence electrons. The molecule has 1 atom stereocenters. The number of nitrogens with one attached hydrogen (secondary N) is 1. The van der Waals surface area contributed by atoms with Crippen LogP contribution in [0, 0.1) is 0 Å². The molecule has 2 aliphatic heterocycles. The SMILES string of the molecule is CN1CCc2ccc(OCCCC3CNCCN3c3cccc4sccc34)cc2C1=O.O=S(=O)(O)O. The number of likely N-dealkylation sites (N-methyl/N-ethyl adjacent to an activating group) is 1. The first-order valence-corrected chi connectivity index (χ1v) is 14.1. The average molecular weight is 534 g/mol. The lowest BCUT2D eigenvalue weighted by molar-refractivity contribution is 0.0780. The van der Waals surface area contributed by atoms with Crippen LogP contribution < -0.4 is 15.0 Å². The number of amides is 1. The van der Waals surface area contributed by atoms with Crippen molar-refractivity contribution < 1.29 is 27.1 Å². The summed E-state index contributed by atoms with van der Waals surface area (Å²) in [6, 6.07) is 15.3. The highest BCUT2D eigenvalue weighted by atomic mass is 32.3. The van der Waals surface area contributed by atoms with Gasteiger partial charge in [-0.2, -0.15) is 8.42 Å². The predicted molar refractivity (Wildman–Crippen MR) is 142 cm³/mol. The smallest absolute Gasteiger partial charge is 0.394 e. The number of fused-ring (bicyclic) bond motifs is 2. The Kier molecular flexibility index (Phi) is 8.47. The molecule has 1 amide bonds. The third kappa shape index (κ3) is 6.74. The Balaban J connectivity index is 0.000000556. The molecular weight excluding hydrogens is 502 g/mol. The molecule has 0 radical (unpaired) electrons. The summed E-state index contributed by atoms with van der Waals surface area (Å²) in [5, 5.41) is 7.10. The van der Waals surface area contributed by atoms with Crippen molar-refractivity contribution in [1.82, 2.24) is 10.2 Å². The highest BCUT2D eigenvalue weighted by molar-refractivity contribution is 7.79. The Labute approximate surface area is 215 Å². The molecule has 3 N–H and O–H groups in total. The van der Waals surface area contributed by atoms with E-state index in [0.717, 1.165) is 62.3 Å². The van der Waals surface area contributed by atoms with Gasteiger partial charge in [0.15, 0.2) is 0 Å². The second kappa shape index (κ2) is 11.6. The van der Waals surface area contributed by atoms with Crippen LogP contribution in [0.4, 0.5) is 5.69 Å². The van der Waals surface area contributed by atoms with Crippen LogP contribution >= 0.6 is 11.3 Å². The van der Waals surface area contributed by atoms with E-state index < -0.39 is 10.4 Å². The molecule has 0 bridgehead atoms. The molecule has 11 heteroatoms.